The molecule has 0 saturated carbocycles. The van der Waals surface area contributed by atoms with E-state index in [0.717, 1.165) is 0 Å². The molecule has 1 saturated heterocycles. The molecule has 1 amide bonds. The Morgan fingerprint density at radius 1 is 1.31 bits per heavy atom. The van der Waals surface area contributed by atoms with Crippen LogP contribution in [0.1, 0.15) is 27.7 Å². The molecule has 1 rings (SSSR count). The molecule has 0 aromatic rings. The Morgan fingerprint density at radius 2 is 1.88 bits per heavy atom. The Morgan fingerprint density at radius 3 is 2.31 bits per heavy atom. The van der Waals surface area contributed by atoms with Crippen molar-refractivity contribution in [3.05, 3.63) is 0 Å². The maximum absolute atomic E-state index is 11.0. The Bertz CT molecular complexity index is 256. The van der Waals surface area contributed by atoms with Crippen molar-refractivity contribution in [3.63, 3.8) is 0 Å². The fraction of sp³-hybridized carbons (Fsp3) is 0.909. The smallest absolute Gasteiger partial charge is 0.217 e. The average Bonchev–Trinajstić information content (AvgIpc) is 2.17. The molecule has 0 spiro atoms. The fourth-order valence-electron chi connectivity index (χ4n) is 2.06. The van der Waals surface area contributed by atoms with E-state index in [1.165, 1.54) is 6.92 Å². The molecule has 0 bridgehead atoms. The first-order valence-corrected chi connectivity index (χ1v) is 5.63. The predicted octanol–water partition coefficient (Wildman–Crippen LogP) is -0.344. The SMILES string of the molecule is CC(=O)NC1[C@H](O)C(C)O[C@@H](C(C)C)[C@H]1O. The molecule has 0 radical (unpaired) electrons. The molecular formula is C11H21NO4. The van der Waals surface area contributed by atoms with Gasteiger partial charge in [-0.1, -0.05) is 13.8 Å². The number of carbonyl (C=O) groups is 1. The lowest BCUT2D eigenvalue weighted by molar-refractivity contribution is -0.191. The van der Waals surface area contributed by atoms with Crippen LogP contribution >= 0.6 is 0 Å². The van der Waals surface area contributed by atoms with Crippen LogP contribution in [-0.2, 0) is 9.53 Å². The van der Waals surface area contributed by atoms with Gasteiger partial charge >= 0.3 is 0 Å². The molecule has 3 N–H and O–H groups in total. The lowest BCUT2D eigenvalue weighted by Gasteiger charge is -2.43. The number of nitrogens with one attached hydrogen (secondary N) is 1. The van der Waals surface area contributed by atoms with Crippen molar-refractivity contribution in [2.75, 3.05) is 0 Å². The molecule has 2 unspecified atom stereocenters. The minimum Gasteiger partial charge on any atom is -0.388 e. The second kappa shape index (κ2) is 5.12. The Labute approximate surface area is 95.8 Å². The number of aliphatic hydroxyl groups excluding tert-OH is 2. The van der Waals surface area contributed by atoms with Gasteiger partial charge in [0.25, 0.3) is 0 Å². The number of amides is 1. The zero-order valence-corrected chi connectivity index (χ0v) is 10.2. The third kappa shape index (κ3) is 2.72. The molecule has 16 heavy (non-hydrogen) atoms. The highest BCUT2D eigenvalue weighted by Crippen LogP contribution is 2.25. The quantitative estimate of drug-likeness (QED) is 0.607. The van der Waals surface area contributed by atoms with Crippen LogP contribution in [0.3, 0.4) is 0 Å². The Balaban J connectivity index is 2.81. The van der Waals surface area contributed by atoms with Crippen molar-refractivity contribution in [2.45, 2.75) is 58.2 Å². The van der Waals surface area contributed by atoms with E-state index in [-0.39, 0.29) is 17.9 Å². The van der Waals surface area contributed by atoms with Crippen molar-refractivity contribution < 1.29 is 19.7 Å². The summed E-state index contributed by atoms with van der Waals surface area (Å²) in [7, 11) is 0. The van der Waals surface area contributed by atoms with Gasteiger partial charge in [-0.3, -0.25) is 4.79 Å². The monoisotopic (exact) mass is 231 g/mol. The van der Waals surface area contributed by atoms with Crippen molar-refractivity contribution in [1.29, 1.82) is 0 Å². The highest BCUT2D eigenvalue weighted by atomic mass is 16.5. The van der Waals surface area contributed by atoms with Crippen molar-refractivity contribution in [1.82, 2.24) is 5.32 Å². The topological polar surface area (TPSA) is 78.8 Å². The number of hydrogen-bond acceptors (Lipinski definition) is 4. The van der Waals surface area contributed by atoms with Crippen LogP contribution in [-0.4, -0.2) is 46.6 Å². The number of hydrogen-bond donors (Lipinski definition) is 3. The molecule has 0 aliphatic carbocycles. The van der Waals surface area contributed by atoms with Crippen molar-refractivity contribution >= 4 is 5.91 Å². The number of aliphatic hydroxyl groups is 2. The molecule has 5 nitrogen and oxygen atoms in total. The summed E-state index contributed by atoms with van der Waals surface area (Å²) < 4.78 is 5.53. The summed E-state index contributed by atoms with van der Waals surface area (Å²) in [5, 5.41) is 22.5. The van der Waals surface area contributed by atoms with Crippen LogP contribution in [0.2, 0.25) is 0 Å². The third-order valence-corrected chi connectivity index (χ3v) is 2.95. The lowest BCUT2D eigenvalue weighted by atomic mass is 9.88. The van der Waals surface area contributed by atoms with Crippen LogP contribution in [0.25, 0.3) is 0 Å². The van der Waals surface area contributed by atoms with E-state index in [0.29, 0.717) is 0 Å². The maximum atomic E-state index is 11.0. The summed E-state index contributed by atoms with van der Waals surface area (Å²) in [5.74, 6) is -0.138. The summed E-state index contributed by atoms with van der Waals surface area (Å²) in [6.07, 6.45) is -2.52. The summed E-state index contributed by atoms with van der Waals surface area (Å²) in [6, 6.07) is -0.659. The van der Waals surface area contributed by atoms with Gasteiger partial charge in [-0.2, -0.15) is 0 Å². The van der Waals surface area contributed by atoms with Gasteiger partial charge in [0, 0.05) is 6.92 Å². The summed E-state index contributed by atoms with van der Waals surface area (Å²) in [5.41, 5.74) is 0. The van der Waals surface area contributed by atoms with Gasteiger partial charge in [-0.15, -0.1) is 0 Å². The second-order valence-corrected chi connectivity index (χ2v) is 4.76. The first-order valence-electron chi connectivity index (χ1n) is 5.63. The van der Waals surface area contributed by atoms with E-state index in [4.69, 9.17) is 4.74 Å². The third-order valence-electron chi connectivity index (χ3n) is 2.95. The zero-order valence-electron chi connectivity index (χ0n) is 10.2. The molecule has 1 fully saturated rings. The van der Waals surface area contributed by atoms with E-state index in [1.807, 2.05) is 13.8 Å². The van der Waals surface area contributed by atoms with Gasteiger partial charge < -0.3 is 20.3 Å². The average molecular weight is 231 g/mol. The maximum Gasteiger partial charge on any atom is 0.217 e. The highest BCUT2D eigenvalue weighted by Gasteiger charge is 2.43. The summed E-state index contributed by atoms with van der Waals surface area (Å²) in [6.45, 7) is 6.97. The number of rotatable bonds is 2. The van der Waals surface area contributed by atoms with Crippen LogP contribution in [0, 0.1) is 5.92 Å². The van der Waals surface area contributed by atoms with Gasteiger partial charge in [0.1, 0.15) is 12.2 Å². The predicted molar refractivity (Wildman–Crippen MR) is 58.8 cm³/mol. The molecule has 0 aromatic carbocycles. The molecule has 1 heterocycles. The number of carbonyl (C=O) groups excluding carboxylic acids is 1. The van der Waals surface area contributed by atoms with E-state index in [1.54, 1.807) is 6.92 Å². The van der Waals surface area contributed by atoms with E-state index >= 15 is 0 Å². The minimum atomic E-state index is -0.881. The summed E-state index contributed by atoms with van der Waals surface area (Å²) in [4.78, 5) is 11.0. The highest BCUT2D eigenvalue weighted by molar-refractivity contribution is 5.73. The molecule has 1 aliphatic heterocycles. The van der Waals surface area contributed by atoms with Gasteiger partial charge in [-0.25, -0.2) is 0 Å². The second-order valence-electron chi connectivity index (χ2n) is 4.76. The fourth-order valence-corrected chi connectivity index (χ4v) is 2.06. The van der Waals surface area contributed by atoms with Gasteiger partial charge in [0.2, 0.25) is 5.91 Å². The molecule has 1 aliphatic rings. The van der Waals surface area contributed by atoms with E-state index in [9.17, 15) is 15.0 Å². The van der Waals surface area contributed by atoms with Crippen molar-refractivity contribution in [3.8, 4) is 0 Å². The van der Waals surface area contributed by atoms with Crippen LogP contribution < -0.4 is 5.32 Å². The van der Waals surface area contributed by atoms with Gasteiger partial charge in [0.15, 0.2) is 0 Å². The standard InChI is InChI=1S/C11H21NO4/c1-5(2)11-10(15)8(12-7(4)13)9(14)6(3)16-11/h5-6,8-11,14-15H,1-4H3,(H,12,13)/t6?,8?,9-,10+,11+/m1/s1. The molecule has 0 aromatic heterocycles. The molecule has 5 atom stereocenters. The van der Waals surface area contributed by atoms with Gasteiger partial charge in [0.05, 0.1) is 18.2 Å². The molecule has 94 valence electrons. The van der Waals surface area contributed by atoms with E-state index < -0.39 is 24.4 Å². The first-order chi connectivity index (χ1) is 7.34. The Kier molecular flexibility index (Phi) is 4.29. The summed E-state index contributed by atoms with van der Waals surface area (Å²) >= 11 is 0. The largest absolute Gasteiger partial charge is 0.388 e. The Hall–Kier alpha value is -0.650. The first kappa shape index (κ1) is 13.4. The van der Waals surface area contributed by atoms with Crippen molar-refractivity contribution in [2.24, 2.45) is 5.92 Å². The van der Waals surface area contributed by atoms with Crippen LogP contribution in [0.15, 0.2) is 0 Å². The van der Waals surface area contributed by atoms with E-state index in [2.05, 4.69) is 5.32 Å². The van der Waals surface area contributed by atoms with Crippen LogP contribution in [0.5, 0.6) is 0 Å². The lowest BCUT2D eigenvalue weighted by Crippen LogP contribution is -2.63. The molecule has 5 heteroatoms. The zero-order chi connectivity index (χ0) is 12.5. The number of ether oxygens (including phenoxy) is 1. The van der Waals surface area contributed by atoms with Gasteiger partial charge in [-0.05, 0) is 12.8 Å². The molecular weight excluding hydrogens is 210 g/mol. The normalized spacial score (nSPS) is 39.8. The minimum absolute atomic E-state index is 0.126. The van der Waals surface area contributed by atoms with Crippen LogP contribution in [0.4, 0.5) is 0 Å².